The highest BCUT2D eigenvalue weighted by atomic mass is 15.1. The Kier molecular flexibility index (Phi) is 6.27. The van der Waals surface area contributed by atoms with Gasteiger partial charge in [-0.3, -0.25) is 0 Å². The van der Waals surface area contributed by atoms with Gasteiger partial charge in [-0.25, -0.2) is 4.98 Å². The van der Waals surface area contributed by atoms with Crippen molar-refractivity contribution in [3.63, 3.8) is 0 Å². The van der Waals surface area contributed by atoms with Crippen LogP contribution in [0.25, 0.3) is 0 Å². The third-order valence-corrected chi connectivity index (χ3v) is 4.50. The first-order valence-corrected chi connectivity index (χ1v) is 8.54. The van der Waals surface area contributed by atoms with Crippen molar-refractivity contribution in [3.05, 3.63) is 11.8 Å². The topological polar surface area (TPSA) is 49.8 Å². The van der Waals surface area contributed by atoms with Gasteiger partial charge >= 0.3 is 0 Å². The molecule has 2 rings (SSSR count). The maximum absolute atomic E-state index is 4.55. The fraction of sp³-hybridized carbons (Fsp3) is 0.765. The summed E-state index contributed by atoms with van der Waals surface area (Å²) in [5.74, 6) is 3.47. The van der Waals surface area contributed by atoms with Crippen molar-refractivity contribution in [2.75, 3.05) is 23.7 Å². The average molecular weight is 290 g/mol. The quantitative estimate of drug-likeness (QED) is 0.789. The van der Waals surface area contributed by atoms with E-state index in [1.807, 2.05) is 13.0 Å². The zero-order valence-corrected chi connectivity index (χ0v) is 13.8. The highest BCUT2D eigenvalue weighted by molar-refractivity contribution is 5.42. The lowest BCUT2D eigenvalue weighted by Gasteiger charge is -2.28. The number of anilines is 2. The van der Waals surface area contributed by atoms with Gasteiger partial charge in [-0.1, -0.05) is 33.1 Å². The predicted octanol–water partition coefficient (Wildman–Crippen LogP) is 4.24. The van der Waals surface area contributed by atoms with Crippen LogP contribution in [0, 0.1) is 18.8 Å². The van der Waals surface area contributed by atoms with Gasteiger partial charge in [-0.05, 0) is 38.0 Å². The highest BCUT2D eigenvalue weighted by Gasteiger charge is 2.19. The molecule has 2 N–H and O–H groups in total. The highest BCUT2D eigenvalue weighted by Crippen LogP contribution is 2.30. The molecular formula is C17H30N4. The van der Waals surface area contributed by atoms with E-state index in [1.54, 1.807) is 0 Å². The molecule has 118 valence electrons. The molecule has 0 amide bonds. The van der Waals surface area contributed by atoms with Crippen molar-refractivity contribution >= 4 is 11.8 Å². The second-order valence-corrected chi connectivity index (χ2v) is 6.32. The van der Waals surface area contributed by atoms with Crippen molar-refractivity contribution in [2.45, 2.75) is 59.3 Å². The van der Waals surface area contributed by atoms with Crippen LogP contribution in [0.5, 0.6) is 0 Å². The molecule has 0 unspecified atom stereocenters. The number of rotatable bonds is 7. The lowest BCUT2D eigenvalue weighted by atomic mass is 9.81. The van der Waals surface area contributed by atoms with E-state index < -0.39 is 0 Å². The monoisotopic (exact) mass is 290 g/mol. The van der Waals surface area contributed by atoms with Crippen molar-refractivity contribution in [1.29, 1.82) is 0 Å². The van der Waals surface area contributed by atoms with Crippen LogP contribution >= 0.6 is 0 Å². The summed E-state index contributed by atoms with van der Waals surface area (Å²) in [6, 6.07) is 2.04. The SMILES string of the molecule is CCCNc1nc(C)cc(NCC2CCC(CC)CC2)n1. The van der Waals surface area contributed by atoms with Crippen LogP contribution in [0.3, 0.4) is 0 Å². The first kappa shape index (κ1) is 16.1. The fourth-order valence-electron chi connectivity index (χ4n) is 3.07. The average Bonchev–Trinajstić information content (AvgIpc) is 2.51. The Morgan fingerprint density at radius 2 is 1.76 bits per heavy atom. The minimum Gasteiger partial charge on any atom is -0.370 e. The molecule has 1 aliphatic carbocycles. The number of aryl methyl sites for hydroxylation is 1. The van der Waals surface area contributed by atoms with Crippen LogP contribution in [0.1, 0.15) is 58.1 Å². The smallest absolute Gasteiger partial charge is 0.224 e. The molecule has 0 aromatic carbocycles. The molecule has 0 aliphatic heterocycles. The largest absolute Gasteiger partial charge is 0.370 e. The summed E-state index contributed by atoms with van der Waals surface area (Å²) < 4.78 is 0. The molecule has 1 aliphatic rings. The second-order valence-electron chi connectivity index (χ2n) is 6.32. The molecule has 1 heterocycles. The molecule has 1 fully saturated rings. The predicted molar refractivity (Wildman–Crippen MR) is 89.8 cm³/mol. The second kappa shape index (κ2) is 8.20. The molecule has 0 atom stereocenters. The van der Waals surface area contributed by atoms with Crippen LogP contribution in [0.2, 0.25) is 0 Å². The van der Waals surface area contributed by atoms with Gasteiger partial charge in [-0.15, -0.1) is 0 Å². The van der Waals surface area contributed by atoms with Gasteiger partial charge in [0.2, 0.25) is 5.95 Å². The Morgan fingerprint density at radius 1 is 1.05 bits per heavy atom. The number of nitrogens with zero attached hydrogens (tertiary/aromatic N) is 2. The van der Waals surface area contributed by atoms with E-state index in [1.165, 1.54) is 32.1 Å². The molecule has 1 aromatic heterocycles. The summed E-state index contributed by atoms with van der Waals surface area (Å²) in [6.45, 7) is 8.45. The Labute approximate surface area is 129 Å². The Balaban J connectivity index is 1.84. The van der Waals surface area contributed by atoms with Crippen LogP contribution in [-0.4, -0.2) is 23.1 Å². The molecule has 0 bridgehead atoms. The molecule has 21 heavy (non-hydrogen) atoms. The van der Waals surface area contributed by atoms with Crippen molar-refractivity contribution < 1.29 is 0 Å². The summed E-state index contributed by atoms with van der Waals surface area (Å²) in [5, 5.41) is 6.78. The first-order chi connectivity index (χ1) is 10.2. The minimum absolute atomic E-state index is 0.744. The van der Waals surface area contributed by atoms with Crippen molar-refractivity contribution in [3.8, 4) is 0 Å². The van der Waals surface area contributed by atoms with Gasteiger partial charge in [0, 0.05) is 24.8 Å². The van der Waals surface area contributed by atoms with Gasteiger partial charge < -0.3 is 10.6 Å². The van der Waals surface area contributed by atoms with E-state index in [9.17, 15) is 0 Å². The normalized spacial score (nSPS) is 22.0. The van der Waals surface area contributed by atoms with E-state index in [-0.39, 0.29) is 0 Å². The molecular weight excluding hydrogens is 260 g/mol. The van der Waals surface area contributed by atoms with Crippen molar-refractivity contribution in [2.24, 2.45) is 11.8 Å². The van der Waals surface area contributed by atoms with Crippen LogP contribution in [0.15, 0.2) is 6.07 Å². The van der Waals surface area contributed by atoms with E-state index in [0.29, 0.717) is 0 Å². The third kappa shape index (κ3) is 5.18. The maximum Gasteiger partial charge on any atom is 0.224 e. The van der Waals surface area contributed by atoms with Crippen LogP contribution in [0.4, 0.5) is 11.8 Å². The standard InChI is InChI=1S/C17H30N4/c1-4-10-18-17-20-13(3)11-16(21-17)19-12-15-8-6-14(5-2)7-9-15/h11,14-15H,4-10,12H2,1-3H3,(H2,18,19,20,21). The first-order valence-electron chi connectivity index (χ1n) is 8.54. The van der Waals surface area contributed by atoms with E-state index >= 15 is 0 Å². The summed E-state index contributed by atoms with van der Waals surface area (Å²) in [5.41, 5.74) is 1.01. The molecule has 0 spiro atoms. The van der Waals surface area contributed by atoms with E-state index in [4.69, 9.17) is 0 Å². The molecule has 4 nitrogen and oxygen atoms in total. The van der Waals surface area contributed by atoms with Crippen LogP contribution < -0.4 is 10.6 Å². The lowest BCUT2D eigenvalue weighted by Crippen LogP contribution is -2.21. The fourth-order valence-corrected chi connectivity index (χ4v) is 3.07. The van der Waals surface area contributed by atoms with E-state index in [2.05, 4.69) is 34.4 Å². The Bertz CT molecular complexity index is 425. The summed E-state index contributed by atoms with van der Waals surface area (Å²) >= 11 is 0. The number of nitrogens with one attached hydrogen (secondary N) is 2. The Hall–Kier alpha value is -1.32. The van der Waals surface area contributed by atoms with E-state index in [0.717, 1.165) is 48.8 Å². The van der Waals surface area contributed by atoms with Gasteiger partial charge in [-0.2, -0.15) is 4.98 Å². The third-order valence-electron chi connectivity index (χ3n) is 4.50. The zero-order chi connectivity index (χ0) is 15.1. The van der Waals surface area contributed by atoms with Gasteiger partial charge in [0.25, 0.3) is 0 Å². The summed E-state index contributed by atoms with van der Waals surface area (Å²) in [4.78, 5) is 8.98. The summed E-state index contributed by atoms with van der Waals surface area (Å²) in [7, 11) is 0. The Morgan fingerprint density at radius 3 is 2.43 bits per heavy atom. The molecule has 4 heteroatoms. The number of hydrogen-bond donors (Lipinski definition) is 2. The molecule has 1 saturated carbocycles. The zero-order valence-electron chi connectivity index (χ0n) is 13.8. The maximum atomic E-state index is 4.55. The lowest BCUT2D eigenvalue weighted by molar-refractivity contribution is 0.278. The van der Waals surface area contributed by atoms with Gasteiger partial charge in [0.15, 0.2) is 0 Å². The minimum atomic E-state index is 0.744. The molecule has 0 saturated heterocycles. The van der Waals surface area contributed by atoms with Gasteiger partial charge in [0.05, 0.1) is 0 Å². The van der Waals surface area contributed by atoms with Crippen LogP contribution in [-0.2, 0) is 0 Å². The summed E-state index contributed by atoms with van der Waals surface area (Å²) in [6.07, 6.45) is 7.94. The number of aromatic nitrogens is 2. The van der Waals surface area contributed by atoms with Gasteiger partial charge in [0.1, 0.15) is 5.82 Å². The molecule has 0 radical (unpaired) electrons. The molecule has 1 aromatic rings. The number of hydrogen-bond acceptors (Lipinski definition) is 4. The van der Waals surface area contributed by atoms with Crippen molar-refractivity contribution in [1.82, 2.24) is 9.97 Å².